The highest BCUT2D eigenvalue weighted by molar-refractivity contribution is 6.26. The topological polar surface area (TPSA) is 77.8 Å². The Morgan fingerprint density at radius 2 is 1.06 bits per heavy atom. The molecule has 0 spiro atoms. The molecule has 0 bridgehead atoms. The van der Waals surface area contributed by atoms with Crippen LogP contribution in [0.5, 0.6) is 0 Å². The Hall–Kier alpha value is -8.88. The van der Waals surface area contributed by atoms with Gasteiger partial charge in [0.25, 0.3) is 0 Å². The number of fused-ring (bicyclic) bond motifs is 12. The number of hydrogen-bond donors (Lipinski definition) is 0. The lowest BCUT2D eigenvalue weighted by atomic mass is 9.96. The maximum absolute atomic E-state index is 6.19. The van der Waals surface area contributed by atoms with Crippen LogP contribution in [0.3, 0.4) is 0 Å². The van der Waals surface area contributed by atoms with Crippen LogP contribution in [0.2, 0.25) is 0 Å². The van der Waals surface area contributed by atoms with Crippen LogP contribution in [0.1, 0.15) is 11.1 Å². The average Bonchev–Trinajstić information content (AvgIpc) is 4.03. The molecule has 0 radical (unpaired) electrons. The lowest BCUT2D eigenvalue weighted by Crippen LogP contribution is -2.22. The van der Waals surface area contributed by atoms with Crippen molar-refractivity contribution in [1.82, 2.24) is 29.1 Å². The summed E-state index contributed by atoms with van der Waals surface area (Å²) >= 11 is 0. The number of para-hydroxylation sites is 5. The highest BCUT2D eigenvalue weighted by Gasteiger charge is 2.28. The van der Waals surface area contributed by atoms with Gasteiger partial charge in [-0.3, -0.25) is 14.0 Å². The number of rotatable bonds is 5. The molecule has 8 aromatic carbocycles. The first-order chi connectivity index (χ1) is 32.2. The van der Waals surface area contributed by atoms with E-state index in [1.54, 1.807) is 0 Å². The molecule has 13 aromatic rings. The summed E-state index contributed by atoms with van der Waals surface area (Å²) in [7, 11) is 0. The zero-order valence-electron chi connectivity index (χ0n) is 34.8. The van der Waals surface area contributed by atoms with E-state index < -0.39 is 0 Å². The largest absolute Gasteiger partial charge is 0.456 e. The van der Waals surface area contributed by atoms with Crippen LogP contribution in [0.15, 0.2) is 205 Å². The number of furan rings is 1. The molecule has 0 unspecified atom stereocenters. The number of anilines is 3. The summed E-state index contributed by atoms with van der Waals surface area (Å²) in [6, 6.07) is 69.8. The van der Waals surface area contributed by atoms with Gasteiger partial charge in [-0.1, -0.05) is 133 Å². The van der Waals surface area contributed by atoms with Gasteiger partial charge in [-0.2, -0.15) is 15.0 Å². The predicted molar refractivity (Wildman–Crippen MR) is 262 cm³/mol. The van der Waals surface area contributed by atoms with Gasteiger partial charge in [-0.15, -0.1) is 0 Å². The van der Waals surface area contributed by atoms with Crippen molar-refractivity contribution in [3.8, 4) is 34.4 Å². The first-order valence-corrected chi connectivity index (χ1v) is 21.9. The third-order valence-electron chi connectivity index (χ3n) is 13.0. The average molecular weight is 834 g/mol. The van der Waals surface area contributed by atoms with Gasteiger partial charge in [0.1, 0.15) is 17.0 Å². The number of pyridine rings is 1. The maximum Gasteiger partial charge on any atom is 0.240 e. The molecule has 14 rings (SSSR count). The van der Waals surface area contributed by atoms with E-state index in [4.69, 9.17) is 24.4 Å². The van der Waals surface area contributed by atoms with Crippen molar-refractivity contribution in [3.63, 3.8) is 0 Å². The van der Waals surface area contributed by atoms with Gasteiger partial charge in [-0.05, 0) is 77.9 Å². The van der Waals surface area contributed by atoms with E-state index >= 15 is 0 Å². The Kier molecular flexibility index (Phi) is 7.58. The number of aromatic nitrogens is 6. The second-order valence-electron chi connectivity index (χ2n) is 16.6. The van der Waals surface area contributed by atoms with Crippen LogP contribution in [0.4, 0.5) is 17.3 Å². The fourth-order valence-corrected chi connectivity index (χ4v) is 10.1. The molecule has 8 heteroatoms. The zero-order valence-corrected chi connectivity index (χ0v) is 34.8. The molecular weight excluding hydrogens is 799 g/mol. The molecule has 1 aliphatic heterocycles. The second kappa shape index (κ2) is 13.8. The number of hydrogen-bond acceptors (Lipinski definition) is 6. The van der Waals surface area contributed by atoms with Gasteiger partial charge >= 0.3 is 0 Å². The van der Waals surface area contributed by atoms with Gasteiger partial charge in [0.15, 0.2) is 5.82 Å². The third-order valence-corrected chi connectivity index (χ3v) is 13.0. The Balaban J connectivity index is 1.03. The summed E-state index contributed by atoms with van der Waals surface area (Å²) in [5, 5.41) is 6.62. The van der Waals surface area contributed by atoms with E-state index in [2.05, 4.69) is 184 Å². The highest BCUT2D eigenvalue weighted by atomic mass is 16.3. The van der Waals surface area contributed by atoms with Crippen molar-refractivity contribution in [2.75, 3.05) is 4.90 Å². The molecule has 0 fully saturated rings. The fourth-order valence-electron chi connectivity index (χ4n) is 10.1. The molecule has 0 N–H and O–H groups in total. The van der Waals surface area contributed by atoms with E-state index in [-0.39, 0.29) is 0 Å². The summed E-state index contributed by atoms with van der Waals surface area (Å²) in [4.78, 5) is 23.7. The molecule has 65 heavy (non-hydrogen) atoms. The molecule has 0 aliphatic carbocycles. The van der Waals surface area contributed by atoms with E-state index in [9.17, 15) is 0 Å². The Labute approximate surface area is 371 Å². The van der Waals surface area contributed by atoms with Crippen LogP contribution in [0.25, 0.3) is 100.0 Å². The van der Waals surface area contributed by atoms with Crippen LogP contribution in [0, 0.1) is 0 Å². The predicted octanol–water partition coefficient (Wildman–Crippen LogP) is 14.1. The fraction of sp³-hybridized carbons (Fsp3) is 0.0175. The van der Waals surface area contributed by atoms with E-state index in [0.717, 1.165) is 106 Å². The highest BCUT2D eigenvalue weighted by Crippen LogP contribution is 2.45. The summed E-state index contributed by atoms with van der Waals surface area (Å²) in [6.45, 7) is 0. The SMILES string of the molecule is c1ccc(-c2nc(N3c4ccccc4Cc4ccccc43)nc(-n3c4ccccc4c4c3ccc3c5ccccc5n(-c5cccc(-c6ccc7oc8ccccc8c7c6)n5)c34)n2)cc1. The number of benzene rings is 8. The first-order valence-electron chi connectivity index (χ1n) is 21.9. The van der Waals surface area contributed by atoms with Gasteiger partial charge in [0.05, 0.1) is 39.1 Å². The van der Waals surface area contributed by atoms with Crippen molar-refractivity contribution in [1.29, 1.82) is 0 Å². The van der Waals surface area contributed by atoms with E-state index in [0.29, 0.717) is 17.7 Å². The molecule has 0 saturated heterocycles. The minimum Gasteiger partial charge on any atom is -0.456 e. The van der Waals surface area contributed by atoms with Gasteiger partial charge in [-0.25, -0.2) is 4.98 Å². The molecule has 0 saturated carbocycles. The molecule has 6 heterocycles. The molecule has 1 aliphatic rings. The molecule has 304 valence electrons. The van der Waals surface area contributed by atoms with E-state index in [1.165, 1.54) is 11.1 Å². The Morgan fingerprint density at radius 3 is 1.88 bits per heavy atom. The van der Waals surface area contributed by atoms with Crippen LogP contribution in [-0.2, 0) is 6.42 Å². The standard InChI is InChI=1S/C57H35N7O/c1-2-15-35(16-3-1)55-59-56(62-45-23-9-4-17-37(45)33-38-18-5-10-24-46(38)62)61-57(60-55)63-48-26-12-7-21-42(48)53-49(63)31-30-41-39-19-6-11-25-47(39)64(54(41)53)52-28-14-22-44(58-52)36-29-32-51-43(34-36)40-20-8-13-27-50(40)65-51/h1-32,34H,33H2. The van der Waals surface area contributed by atoms with Crippen LogP contribution in [-0.4, -0.2) is 29.1 Å². The van der Waals surface area contributed by atoms with Crippen molar-refractivity contribution < 1.29 is 4.42 Å². The molecular formula is C57H35N7O. The summed E-state index contributed by atoms with van der Waals surface area (Å²) < 4.78 is 10.7. The smallest absolute Gasteiger partial charge is 0.240 e. The van der Waals surface area contributed by atoms with Crippen molar-refractivity contribution in [2.45, 2.75) is 6.42 Å². The lowest BCUT2D eigenvalue weighted by Gasteiger charge is -2.32. The zero-order chi connectivity index (χ0) is 42.6. The van der Waals surface area contributed by atoms with Gasteiger partial charge in [0, 0.05) is 49.9 Å². The molecule has 0 atom stereocenters. The molecule has 8 nitrogen and oxygen atoms in total. The minimum absolute atomic E-state index is 0.532. The van der Waals surface area contributed by atoms with Crippen LogP contribution >= 0.6 is 0 Å². The first kappa shape index (κ1) is 35.7. The minimum atomic E-state index is 0.532. The lowest BCUT2D eigenvalue weighted by molar-refractivity contribution is 0.669. The third kappa shape index (κ3) is 5.37. The van der Waals surface area contributed by atoms with Crippen molar-refractivity contribution in [3.05, 3.63) is 211 Å². The molecule has 5 aromatic heterocycles. The summed E-state index contributed by atoms with van der Waals surface area (Å²) in [6.07, 6.45) is 0.831. The van der Waals surface area contributed by atoms with Crippen LogP contribution < -0.4 is 4.90 Å². The summed E-state index contributed by atoms with van der Waals surface area (Å²) in [5.41, 5.74) is 13.2. The maximum atomic E-state index is 6.19. The Morgan fingerprint density at radius 1 is 0.400 bits per heavy atom. The monoisotopic (exact) mass is 833 g/mol. The number of nitrogens with zero attached hydrogens (tertiary/aromatic N) is 7. The second-order valence-corrected chi connectivity index (χ2v) is 16.6. The van der Waals surface area contributed by atoms with Crippen molar-refractivity contribution >= 4 is 82.9 Å². The normalized spacial score (nSPS) is 12.5. The summed E-state index contributed by atoms with van der Waals surface area (Å²) in [5.74, 6) is 2.50. The quantitative estimate of drug-likeness (QED) is 0.172. The molecule has 0 amide bonds. The van der Waals surface area contributed by atoms with E-state index in [1.807, 2.05) is 30.3 Å². The van der Waals surface area contributed by atoms with Crippen molar-refractivity contribution in [2.24, 2.45) is 0 Å². The Bertz CT molecular complexity index is 4020. The van der Waals surface area contributed by atoms with Gasteiger partial charge < -0.3 is 4.42 Å². The van der Waals surface area contributed by atoms with Gasteiger partial charge in [0.2, 0.25) is 11.9 Å².